The first-order chi connectivity index (χ1) is 24.9. The van der Waals surface area contributed by atoms with Gasteiger partial charge in [-0.1, -0.05) is 149 Å². The second-order valence-corrected chi connectivity index (χ2v) is 12.8. The van der Waals surface area contributed by atoms with Crippen LogP contribution in [-0.4, -0.2) is 46.5 Å². The standard InChI is InChI=1S/C44H24B4N2O/c45-38-37(39(46)41(48)44(51)40(38)47)34-23-21-28-19-18-27-20-22-33(49-42(27)43(28)50-34)24-14-16-26(17-15-24)36-31-12-6-4-10-29(31)35(25-8-2-1-3-9-25)30-11-5-7-13-32(30)36/h1-23,51H. The summed E-state index contributed by atoms with van der Waals surface area (Å²) in [5, 5.41) is 17.0. The van der Waals surface area contributed by atoms with Gasteiger partial charge in [-0.15, -0.1) is 0 Å². The van der Waals surface area contributed by atoms with Crippen molar-refractivity contribution in [3.63, 3.8) is 0 Å². The van der Waals surface area contributed by atoms with Gasteiger partial charge in [-0.3, -0.25) is 0 Å². The number of aromatic hydroxyl groups is 1. The number of aromatic nitrogens is 2. The van der Waals surface area contributed by atoms with Crippen LogP contribution < -0.4 is 21.9 Å². The Morgan fingerprint density at radius 3 is 1.25 bits per heavy atom. The summed E-state index contributed by atoms with van der Waals surface area (Å²) in [5.41, 5.74) is 9.04. The van der Waals surface area contributed by atoms with E-state index >= 15 is 0 Å². The SMILES string of the molecule is [B]c1c([B])c(-c2ccc3ccc4ccc(-c5ccc(-c6c7ccccc7c(-c7ccccc7)c7ccccc67)cc5)nc4c3n2)c([B])c([B])c1O. The van der Waals surface area contributed by atoms with Gasteiger partial charge in [0.25, 0.3) is 0 Å². The van der Waals surface area contributed by atoms with Gasteiger partial charge in [0.15, 0.2) is 0 Å². The fourth-order valence-corrected chi connectivity index (χ4v) is 7.32. The number of hydrogen-bond donors (Lipinski definition) is 1. The molecule has 0 spiro atoms. The van der Waals surface area contributed by atoms with Gasteiger partial charge < -0.3 is 5.11 Å². The Balaban J connectivity index is 1.18. The molecule has 0 saturated heterocycles. The third-order valence-electron chi connectivity index (χ3n) is 9.87. The summed E-state index contributed by atoms with van der Waals surface area (Å²) in [6.45, 7) is 0. The maximum atomic E-state index is 10.3. The van der Waals surface area contributed by atoms with E-state index in [1.54, 1.807) is 0 Å². The minimum absolute atomic E-state index is 0.0338. The lowest BCUT2D eigenvalue weighted by atomic mass is 9.66. The number of benzene rings is 7. The second-order valence-electron chi connectivity index (χ2n) is 12.8. The molecule has 0 amide bonds. The predicted molar refractivity (Wildman–Crippen MR) is 217 cm³/mol. The van der Waals surface area contributed by atoms with Gasteiger partial charge in [-0.25, -0.2) is 9.97 Å². The summed E-state index contributed by atoms with van der Waals surface area (Å²) >= 11 is 0. The monoisotopic (exact) mass is 640 g/mol. The Hall–Kier alpha value is -6.06. The Bertz CT molecular complexity index is 2770. The van der Waals surface area contributed by atoms with E-state index < -0.39 is 0 Å². The minimum atomic E-state index is -0.331. The van der Waals surface area contributed by atoms with Gasteiger partial charge in [0.05, 0.1) is 28.2 Å². The molecule has 9 rings (SSSR count). The normalized spacial score (nSPS) is 11.5. The van der Waals surface area contributed by atoms with Crippen molar-refractivity contribution in [1.82, 2.24) is 9.97 Å². The molecule has 7 aromatic carbocycles. The van der Waals surface area contributed by atoms with Crippen molar-refractivity contribution in [1.29, 1.82) is 0 Å². The fourth-order valence-electron chi connectivity index (χ4n) is 7.32. The number of phenolic OH excluding ortho intramolecular Hbond substituents is 1. The molecule has 8 radical (unpaired) electrons. The van der Waals surface area contributed by atoms with Crippen molar-refractivity contribution in [2.45, 2.75) is 0 Å². The Labute approximate surface area is 300 Å². The zero-order valence-electron chi connectivity index (χ0n) is 27.4. The van der Waals surface area contributed by atoms with Gasteiger partial charge in [-0.2, -0.15) is 0 Å². The third kappa shape index (κ3) is 4.95. The second kappa shape index (κ2) is 12.1. The van der Waals surface area contributed by atoms with Crippen LogP contribution in [0.1, 0.15) is 0 Å². The molecule has 3 nitrogen and oxygen atoms in total. The maximum Gasteiger partial charge on any atom is 0.118 e. The molecular formula is C44H24B4N2O. The van der Waals surface area contributed by atoms with Gasteiger partial charge in [-0.05, 0) is 61.5 Å². The highest BCUT2D eigenvalue weighted by Crippen LogP contribution is 2.43. The zero-order valence-corrected chi connectivity index (χ0v) is 27.4. The molecule has 2 aromatic heterocycles. The number of nitrogens with zero attached hydrogens (tertiary/aromatic N) is 2. The topological polar surface area (TPSA) is 46.0 Å². The largest absolute Gasteiger partial charge is 0.509 e. The summed E-state index contributed by atoms with van der Waals surface area (Å²) in [6.07, 6.45) is 0. The smallest absolute Gasteiger partial charge is 0.118 e. The molecule has 9 aromatic rings. The van der Waals surface area contributed by atoms with Crippen molar-refractivity contribution in [2.75, 3.05) is 0 Å². The van der Waals surface area contributed by atoms with Gasteiger partial charge >= 0.3 is 0 Å². The van der Waals surface area contributed by atoms with E-state index in [1.165, 1.54) is 38.2 Å². The fraction of sp³-hybridized carbons (Fsp3) is 0. The lowest BCUT2D eigenvalue weighted by Crippen LogP contribution is -2.42. The average Bonchev–Trinajstić information content (AvgIpc) is 3.18. The molecule has 0 atom stereocenters. The van der Waals surface area contributed by atoms with E-state index in [2.05, 4.69) is 109 Å². The minimum Gasteiger partial charge on any atom is -0.509 e. The molecule has 228 valence electrons. The van der Waals surface area contributed by atoms with Crippen molar-refractivity contribution >= 4 is 96.6 Å². The average molecular weight is 640 g/mol. The van der Waals surface area contributed by atoms with Crippen molar-refractivity contribution < 1.29 is 5.11 Å². The Kier molecular flexibility index (Phi) is 7.32. The van der Waals surface area contributed by atoms with Crippen molar-refractivity contribution in [3.05, 3.63) is 140 Å². The summed E-state index contributed by atoms with van der Waals surface area (Å²) in [4.78, 5) is 10.1. The molecule has 0 unspecified atom stereocenters. The number of pyridine rings is 2. The van der Waals surface area contributed by atoms with E-state index in [-0.39, 0.29) is 27.6 Å². The van der Waals surface area contributed by atoms with E-state index in [9.17, 15) is 5.11 Å². The van der Waals surface area contributed by atoms with Crippen molar-refractivity contribution in [2.24, 2.45) is 0 Å². The highest BCUT2D eigenvalue weighted by Gasteiger charge is 2.18. The van der Waals surface area contributed by atoms with Crippen LogP contribution >= 0.6 is 0 Å². The Morgan fingerprint density at radius 2 is 0.745 bits per heavy atom. The number of rotatable bonds is 4. The van der Waals surface area contributed by atoms with Crippen molar-refractivity contribution in [3.8, 4) is 50.5 Å². The molecule has 51 heavy (non-hydrogen) atoms. The van der Waals surface area contributed by atoms with Gasteiger partial charge in [0, 0.05) is 16.3 Å². The van der Waals surface area contributed by atoms with E-state index in [0.717, 1.165) is 33.1 Å². The molecule has 2 heterocycles. The van der Waals surface area contributed by atoms with Crippen LogP contribution in [0.4, 0.5) is 0 Å². The summed E-state index contributed by atoms with van der Waals surface area (Å²) < 4.78 is 0. The molecule has 7 heteroatoms. The highest BCUT2D eigenvalue weighted by molar-refractivity contribution is 6.61. The van der Waals surface area contributed by atoms with Crippen LogP contribution in [0.5, 0.6) is 5.75 Å². The van der Waals surface area contributed by atoms with E-state index in [0.29, 0.717) is 16.8 Å². The Morgan fingerprint density at radius 1 is 0.353 bits per heavy atom. The lowest BCUT2D eigenvalue weighted by molar-refractivity contribution is 0.484. The van der Waals surface area contributed by atoms with E-state index in [1.807, 2.05) is 30.3 Å². The third-order valence-corrected chi connectivity index (χ3v) is 9.87. The summed E-state index contributed by atoms with van der Waals surface area (Å²) in [7, 11) is 24.7. The summed E-state index contributed by atoms with van der Waals surface area (Å²) in [6, 6.07) is 48.5. The first-order valence-corrected chi connectivity index (χ1v) is 16.6. The van der Waals surface area contributed by atoms with Crippen LogP contribution in [0.3, 0.4) is 0 Å². The molecular weight excluding hydrogens is 616 g/mol. The molecule has 0 bridgehead atoms. The number of fused-ring (bicyclic) bond motifs is 5. The maximum absolute atomic E-state index is 10.3. The van der Waals surface area contributed by atoms with E-state index in [4.69, 9.17) is 41.4 Å². The highest BCUT2D eigenvalue weighted by atomic mass is 16.3. The van der Waals surface area contributed by atoms with Crippen LogP contribution in [-0.2, 0) is 0 Å². The zero-order chi connectivity index (χ0) is 34.8. The van der Waals surface area contributed by atoms with Crippen LogP contribution in [0.15, 0.2) is 140 Å². The first-order valence-electron chi connectivity index (χ1n) is 16.6. The number of hydrogen-bond acceptors (Lipinski definition) is 3. The molecule has 1 N–H and O–H groups in total. The lowest BCUT2D eigenvalue weighted by Gasteiger charge is -2.19. The predicted octanol–water partition coefficient (Wildman–Crippen LogP) is 6.64. The summed E-state index contributed by atoms with van der Waals surface area (Å²) in [5.74, 6) is -0.331. The van der Waals surface area contributed by atoms with Crippen LogP contribution in [0, 0.1) is 0 Å². The molecule has 0 saturated carbocycles. The molecule has 0 aliphatic carbocycles. The quantitative estimate of drug-likeness (QED) is 0.134. The van der Waals surface area contributed by atoms with Gasteiger partial charge in [0.2, 0.25) is 0 Å². The molecule has 0 aliphatic heterocycles. The van der Waals surface area contributed by atoms with Gasteiger partial charge in [0.1, 0.15) is 31.4 Å². The van der Waals surface area contributed by atoms with Crippen LogP contribution in [0.2, 0.25) is 0 Å². The number of phenols is 1. The molecule has 0 aliphatic rings. The van der Waals surface area contributed by atoms with Crippen LogP contribution in [0.25, 0.3) is 88.1 Å². The molecule has 0 fully saturated rings. The first kappa shape index (κ1) is 31.0.